The maximum Gasteiger partial charge on any atom is 0.251 e. The SMILES string of the molecule is Cc1ccc(CN(C)C(=O)C(Cc2ccccc2)NC(=O)c2ccccc2)o1. The van der Waals surface area contributed by atoms with Crippen molar-refractivity contribution < 1.29 is 14.0 Å². The lowest BCUT2D eigenvalue weighted by molar-refractivity contribution is -0.132. The molecule has 1 aromatic heterocycles. The Balaban J connectivity index is 1.76. The van der Waals surface area contributed by atoms with E-state index >= 15 is 0 Å². The van der Waals surface area contributed by atoms with Gasteiger partial charge in [-0.3, -0.25) is 9.59 Å². The van der Waals surface area contributed by atoms with Crippen molar-refractivity contribution in [2.75, 3.05) is 7.05 Å². The first-order valence-electron chi connectivity index (χ1n) is 9.23. The minimum atomic E-state index is -0.670. The molecule has 0 aliphatic heterocycles. The summed E-state index contributed by atoms with van der Waals surface area (Å²) in [5.74, 6) is 1.08. The zero-order valence-electron chi connectivity index (χ0n) is 16.1. The number of nitrogens with zero attached hydrogens (tertiary/aromatic N) is 1. The Morgan fingerprint density at radius 2 is 1.61 bits per heavy atom. The number of hydrogen-bond acceptors (Lipinski definition) is 3. The summed E-state index contributed by atoms with van der Waals surface area (Å²) in [4.78, 5) is 27.3. The van der Waals surface area contributed by atoms with Crippen LogP contribution in [0.1, 0.15) is 27.4 Å². The summed E-state index contributed by atoms with van der Waals surface area (Å²) in [6.07, 6.45) is 0.416. The van der Waals surface area contributed by atoms with Crippen molar-refractivity contribution in [3.8, 4) is 0 Å². The fourth-order valence-electron chi connectivity index (χ4n) is 3.03. The van der Waals surface area contributed by atoms with Crippen LogP contribution in [0.5, 0.6) is 0 Å². The van der Waals surface area contributed by atoms with Crippen LogP contribution in [0.4, 0.5) is 0 Å². The standard InChI is InChI=1S/C23H24N2O3/c1-17-13-14-20(28-17)16-25(2)23(27)21(15-18-9-5-3-6-10-18)24-22(26)19-11-7-4-8-12-19/h3-14,21H,15-16H2,1-2H3,(H,24,26). The molecular formula is C23H24N2O3. The van der Waals surface area contributed by atoms with Crippen molar-refractivity contribution in [3.63, 3.8) is 0 Å². The van der Waals surface area contributed by atoms with E-state index in [2.05, 4.69) is 5.32 Å². The van der Waals surface area contributed by atoms with Crippen LogP contribution in [0.2, 0.25) is 0 Å². The molecule has 3 rings (SSSR count). The maximum atomic E-state index is 13.1. The highest BCUT2D eigenvalue weighted by molar-refractivity contribution is 5.97. The van der Waals surface area contributed by atoms with Crippen LogP contribution in [-0.4, -0.2) is 29.8 Å². The van der Waals surface area contributed by atoms with Crippen LogP contribution in [0.25, 0.3) is 0 Å². The van der Waals surface area contributed by atoms with Gasteiger partial charge in [-0.15, -0.1) is 0 Å². The van der Waals surface area contributed by atoms with Crippen LogP contribution in [0, 0.1) is 6.92 Å². The molecule has 5 heteroatoms. The number of benzene rings is 2. The van der Waals surface area contributed by atoms with E-state index in [1.54, 1.807) is 36.2 Å². The average Bonchev–Trinajstić information content (AvgIpc) is 3.12. The van der Waals surface area contributed by atoms with Crippen LogP contribution in [-0.2, 0) is 17.8 Å². The molecule has 0 aliphatic carbocycles. The fraction of sp³-hybridized carbons (Fsp3) is 0.217. The van der Waals surface area contributed by atoms with E-state index in [-0.39, 0.29) is 11.8 Å². The van der Waals surface area contributed by atoms with Gasteiger partial charge in [-0.2, -0.15) is 0 Å². The summed E-state index contributed by atoms with van der Waals surface area (Å²) in [6.45, 7) is 2.21. The summed E-state index contributed by atoms with van der Waals surface area (Å²) in [5.41, 5.74) is 1.51. The minimum Gasteiger partial charge on any atom is -0.464 e. The Bertz CT molecular complexity index is 919. The third-order valence-corrected chi connectivity index (χ3v) is 4.49. The van der Waals surface area contributed by atoms with Crippen LogP contribution in [0.3, 0.4) is 0 Å². The Labute approximate surface area is 165 Å². The maximum absolute atomic E-state index is 13.1. The summed E-state index contributed by atoms with van der Waals surface area (Å²) < 4.78 is 5.57. The molecule has 3 aromatic rings. The van der Waals surface area contributed by atoms with Crippen LogP contribution >= 0.6 is 0 Å². The van der Waals surface area contributed by atoms with Gasteiger partial charge in [0.2, 0.25) is 5.91 Å². The van der Waals surface area contributed by atoms with E-state index in [9.17, 15) is 9.59 Å². The number of amides is 2. The number of likely N-dealkylation sites (N-methyl/N-ethyl adjacent to an activating group) is 1. The molecule has 2 aromatic carbocycles. The molecule has 144 valence electrons. The minimum absolute atomic E-state index is 0.165. The highest BCUT2D eigenvalue weighted by Gasteiger charge is 2.25. The monoisotopic (exact) mass is 376 g/mol. The van der Waals surface area contributed by atoms with Crippen LogP contribution in [0.15, 0.2) is 77.2 Å². The molecule has 0 fully saturated rings. The Hall–Kier alpha value is -3.34. The molecule has 0 bridgehead atoms. The molecule has 1 unspecified atom stereocenters. The van der Waals surface area contributed by atoms with Gasteiger partial charge in [-0.25, -0.2) is 0 Å². The smallest absolute Gasteiger partial charge is 0.251 e. The van der Waals surface area contributed by atoms with Crippen molar-refractivity contribution in [1.82, 2.24) is 10.2 Å². The van der Waals surface area contributed by atoms with Gasteiger partial charge < -0.3 is 14.6 Å². The lowest BCUT2D eigenvalue weighted by atomic mass is 10.0. The molecule has 0 radical (unpaired) electrons. The second-order valence-electron chi connectivity index (χ2n) is 6.79. The van der Waals surface area contributed by atoms with Gasteiger partial charge in [-0.05, 0) is 36.8 Å². The van der Waals surface area contributed by atoms with Gasteiger partial charge in [-0.1, -0.05) is 48.5 Å². The summed E-state index contributed by atoms with van der Waals surface area (Å²) in [6, 6.07) is 21.6. The Morgan fingerprint density at radius 3 is 2.21 bits per heavy atom. The quantitative estimate of drug-likeness (QED) is 0.685. The van der Waals surface area contributed by atoms with Crippen LogP contribution < -0.4 is 5.32 Å². The number of carbonyl (C=O) groups is 2. The zero-order valence-corrected chi connectivity index (χ0v) is 16.1. The van der Waals surface area contributed by atoms with Crippen molar-refractivity contribution in [2.45, 2.75) is 25.9 Å². The molecular weight excluding hydrogens is 352 g/mol. The highest BCUT2D eigenvalue weighted by Crippen LogP contribution is 2.12. The van der Waals surface area contributed by atoms with Gasteiger partial charge in [0.05, 0.1) is 6.54 Å². The van der Waals surface area contributed by atoms with Crippen molar-refractivity contribution in [3.05, 3.63) is 95.4 Å². The summed E-state index contributed by atoms with van der Waals surface area (Å²) >= 11 is 0. The van der Waals surface area contributed by atoms with Crippen molar-refractivity contribution >= 4 is 11.8 Å². The van der Waals surface area contributed by atoms with E-state index in [1.807, 2.05) is 55.5 Å². The van der Waals surface area contributed by atoms with E-state index < -0.39 is 6.04 Å². The number of aryl methyl sites for hydroxylation is 1. The molecule has 5 nitrogen and oxygen atoms in total. The summed E-state index contributed by atoms with van der Waals surface area (Å²) in [5, 5.41) is 2.89. The predicted octanol–water partition coefficient (Wildman–Crippen LogP) is 3.59. The number of carbonyl (C=O) groups excluding carboxylic acids is 2. The first-order valence-corrected chi connectivity index (χ1v) is 9.23. The lowest BCUT2D eigenvalue weighted by Crippen LogP contribution is -2.48. The van der Waals surface area contributed by atoms with Gasteiger partial charge in [0.1, 0.15) is 17.6 Å². The summed E-state index contributed by atoms with van der Waals surface area (Å²) in [7, 11) is 1.72. The molecule has 0 aliphatic rings. The third kappa shape index (κ3) is 5.10. The second-order valence-corrected chi connectivity index (χ2v) is 6.79. The molecule has 1 heterocycles. The van der Waals surface area contributed by atoms with Gasteiger partial charge in [0, 0.05) is 19.0 Å². The number of rotatable bonds is 7. The molecule has 2 amide bonds. The third-order valence-electron chi connectivity index (χ3n) is 4.49. The predicted molar refractivity (Wildman–Crippen MR) is 108 cm³/mol. The first-order chi connectivity index (χ1) is 13.5. The molecule has 0 saturated heterocycles. The second kappa shape index (κ2) is 9.04. The molecule has 1 atom stereocenters. The zero-order chi connectivity index (χ0) is 19.9. The number of nitrogens with one attached hydrogen (secondary N) is 1. The molecule has 0 spiro atoms. The normalized spacial score (nSPS) is 11.6. The lowest BCUT2D eigenvalue weighted by Gasteiger charge is -2.24. The van der Waals surface area contributed by atoms with E-state index in [1.165, 1.54) is 0 Å². The average molecular weight is 376 g/mol. The van der Waals surface area contributed by atoms with E-state index in [0.717, 1.165) is 11.3 Å². The Kier molecular flexibility index (Phi) is 6.27. The van der Waals surface area contributed by atoms with Gasteiger partial charge in [0.25, 0.3) is 5.91 Å². The topological polar surface area (TPSA) is 62.6 Å². The van der Waals surface area contributed by atoms with Crippen molar-refractivity contribution in [2.24, 2.45) is 0 Å². The highest BCUT2D eigenvalue weighted by atomic mass is 16.3. The van der Waals surface area contributed by atoms with Gasteiger partial charge >= 0.3 is 0 Å². The fourth-order valence-corrected chi connectivity index (χ4v) is 3.03. The number of furan rings is 1. The first kappa shape index (κ1) is 19.4. The van der Waals surface area contributed by atoms with Crippen molar-refractivity contribution in [1.29, 1.82) is 0 Å². The van der Waals surface area contributed by atoms with E-state index in [0.29, 0.717) is 24.3 Å². The molecule has 28 heavy (non-hydrogen) atoms. The largest absolute Gasteiger partial charge is 0.464 e. The molecule has 1 N–H and O–H groups in total. The Morgan fingerprint density at radius 1 is 0.964 bits per heavy atom. The number of hydrogen-bond donors (Lipinski definition) is 1. The van der Waals surface area contributed by atoms with E-state index in [4.69, 9.17) is 4.42 Å². The van der Waals surface area contributed by atoms with Gasteiger partial charge in [0.15, 0.2) is 0 Å². The molecule has 0 saturated carbocycles.